The van der Waals surface area contributed by atoms with Gasteiger partial charge >= 0.3 is 0 Å². The predicted octanol–water partition coefficient (Wildman–Crippen LogP) is 3.52. The molecule has 2 heteroatoms. The second-order valence-electron chi connectivity index (χ2n) is 4.40. The van der Waals surface area contributed by atoms with Crippen molar-refractivity contribution in [3.05, 3.63) is 60.2 Å². The van der Waals surface area contributed by atoms with Gasteiger partial charge in [0.15, 0.2) is 0 Å². The van der Waals surface area contributed by atoms with Crippen LogP contribution in [0.2, 0.25) is 0 Å². The maximum Gasteiger partial charge on any atom is 0.0448 e. The lowest BCUT2D eigenvalue weighted by atomic mass is 10.2. The monoisotopic (exact) mass is 241 g/mol. The van der Waals surface area contributed by atoms with Gasteiger partial charge in [0.05, 0.1) is 0 Å². The van der Waals surface area contributed by atoms with E-state index in [2.05, 4.69) is 48.2 Å². The second-order valence-corrected chi connectivity index (χ2v) is 4.40. The van der Waals surface area contributed by atoms with Gasteiger partial charge in [-0.3, -0.25) is 0 Å². The molecule has 0 atom stereocenters. The molecule has 0 aliphatic carbocycles. The number of aliphatic hydroxyl groups excluding tert-OH is 1. The van der Waals surface area contributed by atoms with E-state index in [1.807, 2.05) is 18.2 Å². The molecule has 0 aliphatic rings. The van der Waals surface area contributed by atoms with Crippen molar-refractivity contribution >= 4 is 11.4 Å². The molecule has 0 bridgehead atoms. The number of rotatable bonds is 5. The first kappa shape index (κ1) is 12.7. The van der Waals surface area contributed by atoms with Crippen molar-refractivity contribution in [1.82, 2.24) is 0 Å². The Morgan fingerprint density at radius 1 is 0.944 bits per heavy atom. The maximum absolute atomic E-state index is 9.04. The maximum atomic E-state index is 9.04. The Morgan fingerprint density at radius 3 is 2.33 bits per heavy atom. The average molecular weight is 241 g/mol. The highest BCUT2D eigenvalue weighted by molar-refractivity contribution is 5.63. The normalized spacial score (nSPS) is 10.3. The van der Waals surface area contributed by atoms with Crippen LogP contribution in [-0.2, 0) is 0 Å². The summed E-state index contributed by atoms with van der Waals surface area (Å²) in [6.07, 6.45) is 0.767. The van der Waals surface area contributed by atoms with E-state index in [1.54, 1.807) is 0 Å². The third-order valence-electron chi connectivity index (χ3n) is 2.92. The Bertz CT molecular complexity index is 481. The first-order chi connectivity index (χ1) is 8.81. The standard InChI is InChI=1S/C16H19NO/c1-14-7-5-10-16(13-14)17(11-6-12-18)15-8-3-2-4-9-15/h2-5,7-10,13,18H,6,11-12H2,1H3. The third-order valence-corrected chi connectivity index (χ3v) is 2.92. The minimum Gasteiger partial charge on any atom is -0.396 e. The number of aryl methyl sites for hydroxylation is 1. The largest absolute Gasteiger partial charge is 0.396 e. The van der Waals surface area contributed by atoms with E-state index >= 15 is 0 Å². The molecule has 0 radical (unpaired) electrons. The number of para-hydroxylation sites is 1. The molecule has 94 valence electrons. The van der Waals surface area contributed by atoms with Crippen molar-refractivity contribution in [2.24, 2.45) is 0 Å². The summed E-state index contributed by atoms with van der Waals surface area (Å²) in [5, 5.41) is 9.04. The number of hydrogen-bond donors (Lipinski definition) is 1. The van der Waals surface area contributed by atoms with Gasteiger partial charge in [-0.05, 0) is 43.2 Å². The first-order valence-corrected chi connectivity index (χ1v) is 6.31. The van der Waals surface area contributed by atoms with E-state index in [-0.39, 0.29) is 6.61 Å². The number of hydrogen-bond acceptors (Lipinski definition) is 2. The SMILES string of the molecule is Cc1cccc(N(CCCO)c2ccccc2)c1. The zero-order valence-corrected chi connectivity index (χ0v) is 10.7. The zero-order valence-electron chi connectivity index (χ0n) is 10.7. The summed E-state index contributed by atoms with van der Waals surface area (Å²) in [6, 6.07) is 18.7. The number of benzene rings is 2. The molecule has 0 fully saturated rings. The fraction of sp³-hybridized carbons (Fsp3) is 0.250. The van der Waals surface area contributed by atoms with E-state index in [0.29, 0.717) is 0 Å². The van der Waals surface area contributed by atoms with Gasteiger partial charge in [0.2, 0.25) is 0 Å². The Morgan fingerprint density at radius 2 is 1.67 bits per heavy atom. The van der Waals surface area contributed by atoms with Gasteiger partial charge in [0, 0.05) is 24.5 Å². The number of nitrogens with zero attached hydrogens (tertiary/aromatic N) is 1. The highest BCUT2D eigenvalue weighted by Gasteiger charge is 2.08. The van der Waals surface area contributed by atoms with Crippen LogP contribution < -0.4 is 4.90 Å². The van der Waals surface area contributed by atoms with Gasteiger partial charge in [0.25, 0.3) is 0 Å². The van der Waals surface area contributed by atoms with Gasteiger partial charge in [-0.1, -0.05) is 30.3 Å². The molecule has 0 amide bonds. The van der Waals surface area contributed by atoms with Gasteiger partial charge < -0.3 is 10.0 Å². The van der Waals surface area contributed by atoms with Crippen LogP contribution in [0.1, 0.15) is 12.0 Å². The minimum atomic E-state index is 0.217. The van der Waals surface area contributed by atoms with Crippen LogP contribution in [0.4, 0.5) is 11.4 Å². The molecule has 0 saturated carbocycles. The van der Waals surface area contributed by atoms with Gasteiger partial charge in [-0.2, -0.15) is 0 Å². The van der Waals surface area contributed by atoms with Crippen molar-refractivity contribution in [2.75, 3.05) is 18.1 Å². The van der Waals surface area contributed by atoms with Crippen LogP contribution >= 0.6 is 0 Å². The van der Waals surface area contributed by atoms with Crippen molar-refractivity contribution in [1.29, 1.82) is 0 Å². The van der Waals surface area contributed by atoms with E-state index < -0.39 is 0 Å². The molecule has 0 unspecified atom stereocenters. The number of aliphatic hydroxyl groups is 1. The highest BCUT2D eigenvalue weighted by Crippen LogP contribution is 2.25. The van der Waals surface area contributed by atoms with Crippen LogP contribution in [0, 0.1) is 6.92 Å². The van der Waals surface area contributed by atoms with Crippen molar-refractivity contribution in [3.8, 4) is 0 Å². The second kappa shape index (κ2) is 6.22. The van der Waals surface area contributed by atoms with Crippen molar-refractivity contribution in [3.63, 3.8) is 0 Å². The topological polar surface area (TPSA) is 23.5 Å². The molecule has 0 saturated heterocycles. The quantitative estimate of drug-likeness (QED) is 0.865. The summed E-state index contributed by atoms with van der Waals surface area (Å²) < 4.78 is 0. The van der Waals surface area contributed by atoms with E-state index in [4.69, 9.17) is 5.11 Å². The lowest BCUT2D eigenvalue weighted by Gasteiger charge is -2.25. The summed E-state index contributed by atoms with van der Waals surface area (Å²) in [7, 11) is 0. The van der Waals surface area contributed by atoms with Crippen molar-refractivity contribution < 1.29 is 5.11 Å². The van der Waals surface area contributed by atoms with Crippen LogP contribution in [0.15, 0.2) is 54.6 Å². The fourth-order valence-electron chi connectivity index (χ4n) is 2.04. The lowest BCUT2D eigenvalue weighted by Crippen LogP contribution is -2.19. The highest BCUT2D eigenvalue weighted by atomic mass is 16.3. The molecule has 0 aliphatic heterocycles. The average Bonchev–Trinajstić information content (AvgIpc) is 2.40. The Labute approximate surface area is 109 Å². The number of anilines is 2. The first-order valence-electron chi connectivity index (χ1n) is 6.31. The van der Waals surface area contributed by atoms with Crippen LogP contribution in [0.25, 0.3) is 0 Å². The molecule has 18 heavy (non-hydrogen) atoms. The summed E-state index contributed by atoms with van der Waals surface area (Å²) in [5.74, 6) is 0. The summed E-state index contributed by atoms with van der Waals surface area (Å²) >= 11 is 0. The molecule has 2 nitrogen and oxygen atoms in total. The van der Waals surface area contributed by atoms with Crippen LogP contribution in [0.5, 0.6) is 0 Å². The molecule has 2 rings (SSSR count). The van der Waals surface area contributed by atoms with Gasteiger partial charge in [-0.25, -0.2) is 0 Å². The Balaban J connectivity index is 2.31. The summed E-state index contributed by atoms with van der Waals surface area (Å²) in [5.41, 5.74) is 3.59. The van der Waals surface area contributed by atoms with Crippen molar-refractivity contribution in [2.45, 2.75) is 13.3 Å². The third kappa shape index (κ3) is 3.11. The molecule has 2 aromatic rings. The molecular formula is C16H19NO. The summed E-state index contributed by atoms with van der Waals surface area (Å²) in [4.78, 5) is 2.24. The molecule has 0 heterocycles. The molecule has 1 N–H and O–H groups in total. The summed E-state index contributed by atoms with van der Waals surface area (Å²) in [6.45, 7) is 3.14. The van der Waals surface area contributed by atoms with E-state index in [1.165, 1.54) is 11.3 Å². The zero-order chi connectivity index (χ0) is 12.8. The molecule has 0 aromatic heterocycles. The predicted molar refractivity (Wildman–Crippen MR) is 76.3 cm³/mol. The molecule has 2 aromatic carbocycles. The minimum absolute atomic E-state index is 0.217. The van der Waals surface area contributed by atoms with Gasteiger partial charge in [-0.15, -0.1) is 0 Å². The fourth-order valence-corrected chi connectivity index (χ4v) is 2.04. The Kier molecular flexibility index (Phi) is 4.37. The van der Waals surface area contributed by atoms with Crippen LogP contribution in [-0.4, -0.2) is 18.3 Å². The van der Waals surface area contributed by atoms with Gasteiger partial charge in [0.1, 0.15) is 0 Å². The lowest BCUT2D eigenvalue weighted by molar-refractivity contribution is 0.291. The van der Waals surface area contributed by atoms with Crippen LogP contribution in [0.3, 0.4) is 0 Å². The smallest absolute Gasteiger partial charge is 0.0448 e. The van der Waals surface area contributed by atoms with E-state index in [9.17, 15) is 0 Å². The van der Waals surface area contributed by atoms with E-state index in [0.717, 1.165) is 18.7 Å². The Hall–Kier alpha value is -1.80. The molecule has 0 spiro atoms. The molecular weight excluding hydrogens is 222 g/mol.